The zero-order valence-electron chi connectivity index (χ0n) is 9.05. The molecule has 0 heterocycles. The Morgan fingerprint density at radius 3 is 1.27 bits per heavy atom. The molecule has 76 valence electrons. The largest absolute Gasteiger partial charge is 3.00 e. The Morgan fingerprint density at radius 2 is 1.20 bits per heavy atom. The molecule has 15 heavy (non-hydrogen) atoms. The fourth-order valence-corrected chi connectivity index (χ4v) is 0.642. The molecule has 0 unspecified atom stereocenters. The van der Waals surface area contributed by atoms with Crippen LogP contribution in [0.4, 0.5) is 0 Å². The van der Waals surface area contributed by atoms with Gasteiger partial charge < -0.3 is 6.92 Å². The van der Waals surface area contributed by atoms with Crippen LogP contribution in [0.15, 0.2) is 73.3 Å². The molecule has 0 aromatic heterocycles. The van der Waals surface area contributed by atoms with Gasteiger partial charge in [-0.3, -0.25) is 0 Å². The third-order valence-corrected chi connectivity index (χ3v) is 1.32. The Balaban J connectivity index is 0. The zero-order chi connectivity index (χ0) is 10.5. The summed E-state index contributed by atoms with van der Waals surface area (Å²) in [5.74, 6) is 0. The van der Waals surface area contributed by atoms with Crippen LogP contribution in [0.5, 0.6) is 0 Å². The van der Waals surface area contributed by atoms with Crippen molar-refractivity contribution >= 4 is 0 Å². The molecule has 0 aliphatic rings. The van der Waals surface area contributed by atoms with E-state index in [4.69, 9.17) is 0 Å². The summed E-state index contributed by atoms with van der Waals surface area (Å²) >= 11 is 0. The fraction of sp³-hybridized carbons (Fsp3) is 0.0714. The number of rotatable bonds is 1. The van der Waals surface area contributed by atoms with Crippen LogP contribution in [-0.4, -0.2) is 0 Å². The minimum atomic E-state index is 0. The molecule has 2 aromatic rings. The van der Waals surface area contributed by atoms with Gasteiger partial charge in [0.05, 0.1) is 0 Å². The van der Waals surface area contributed by atoms with E-state index in [-0.39, 0.29) is 35.6 Å². The van der Waals surface area contributed by atoms with Crippen LogP contribution in [0, 0.1) is 42.5 Å². The summed E-state index contributed by atoms with van der Waals surface area (Å²) in [5.41, 5.74) is 0. The number of allylic oxidation sites excluding steroid dienone is 1. The topological polar surface area (TPSA) is 0 Å². The maximum Gasteiger partial charge on any atom is 3.00 e. The minimum absolute atomic E-state index is 0. The Morgan fingerprint density at radius 1 is 0.933 bits per heavy atom. The van der Waals surface area contributed by atoms with Gasteiger partial charge in [-0.1, -0.05) is 0 Å². The molecule has 0 saturated heterocycles. The van der Waals surface area contributed by atoms with E-state index in [9.17, 15) is 0 Å². The quantitative estimate of drug-likeness (QED) is 0.545. The van der Waals surface area contributed by atoms with Crippen LogP contribution in [0.2, 0.25) is 0 Å². The third-order valence-electron chi connectivity index (χ3n) is 1.32. The average molecular weight is 324 g/mol. The first-order chi connectivity index (χ1) is 6.91. The van der Waals surface area contributed by atoms with Crippen molar-refractivity contribution in [2.75, 3.05) is 0 Å². The SMILES string of the molecule is C=CC[CH2-].[La+3].c1cc[cH-]c1.c1cc[cH-]c1. The van der Waals surface area contributed by atoms with Crippen molar-refractivity contribution in [3.8, 4) is 0 Å². The molecule has 0 aliphatic heterocycles. The summed E-state index contributed by atoms with van der Waals surface area (Å²) in [4.78, 5) is 0. The van der Waals surface area contributed by atoms with Crippen molar-refractivity contribution in [1.29, 1.82) is 0 Å². The molecule has 0 saturated carbocycles. The molecule has 0 nitrogen and oxygen atoms in total. The molecule has 0 spiro atoms. The standard InChI is InChI=1S/2C5H5.C4H7.La/c2*1-2-4-5-3-1;1-3-4-2;/h2*1-5H;3H,1-2,4H2;/q3*-1;+3. The maximum atomic E-state index is 3.49. The van der Waals surface area contributed by atoms with Crippen molar-refractivity contribution < 1.29 is 35.6 Å². The van der Waals surface area contributed by atoms with Crippen LogP contribution in [0.1, 0.15) is 6.42 Å². The summed E-state index contributed by atoms with van der Waals surface area (Å²) < 4.78 is 0. The van der Waals surface area contributed by atoms with Gasteiger partial charge >= 0.3 is 35.6 Å². The van der Waals surface area contributed by atoms with Crippen LogP contribution >= 0.6 is 0 Å². The smallest absolute Gasteiger partial charge is 0.340 e. The predicted molar refractivity (Wildman–Crippen MR) is 64.2 cm³/mol. The van der Waals surface area contributed by atoms with E-state index in [1.165, 1.54) is 0 Å². The van der Waals surface area contributed by atoms with E-state index >= 15 is 0 Å². The zero-order valence-corrected chi connectivity index (χ0v) is 12.7. The molecule has 2 aromatic carbocycles. The van der Waals surface area contributed by atoms with E-state index in [1.807, 2.05) is 60.7 Å². The second-order valence-corrected chi connectivity index (χ2v) is 2.50. The Hall–Kier alpha value is -0.365. The molecule has 1 heteroatoms. The van der Waals surface area contributed by atoms with Crippen molar-refractivity contribution in [3.63, 3.8) is 0 Å². The van der Waals surface area contributed by atoms with Gasteiger partial charge in [0.2, 0.25) is 0 Å². The molecular weight excluding hydrogens is 307 g/mol. The van der Waals surface area contributed by atoms with Gasteiger partial charge in [-0.15, -0.1) is 12.7 Å². The van der Waals surface area contributed by atoms with E-state index in [0.717, 1.165) is 6.42 Å². The van der Waals surface area contributed by atoms with E-state index in [0.29, 0.717) is 0 Å². The second-order valence-electron chi connectivity index (χ2n) is 2.50. The van der Waals surface area contributed by atoms with Gasteiger partial charge in [0.1, 0.15) is 0 Å². The molecule has 0 radical (unpaired) electrons. The third kappa shape index (κ3) is 16.3. The molecule has 0 fully saturated rings. The van der Waals surface area contributed by atoms with Gasteiger partial charge in [-0.2, -0.15) is 42.8 Å². The van der Waals surface area contributed by atoms with Crippen LogP contribution in [0.3, 0.4) is 0 Å². The number of hydrogen-bond donors (Lipinski definition) is 0. The summed E-state index contributed by atoms with van der Waals surface area (Å²) in [7, 11) is 0. The average Bonchev–Trinajstić information content (AvgIpc) is 2.94. The summed E-state index contributed by atoms with van der Waals surface area (Å²) in [5, 5.41) is 0. The van der Waals surface area contributed by atoms with Gasteiger partial charge in [-0.25, -0.2) is 24.3 Å². The summed E-state index contributed by atoms with van der Waals surface area (Å²) in [6.07, 6.45) is 2.60. The first kappa shape index (κ1) is 17.0. The predicted octanol–water partition coefficient (Wildman–Crippen LogP) is 4.21. The van der Waals surface area contributed by atoms with E-state index in [1.54, 1.807) is 6.08 Å². The Labute approximate surface area is 121 Å². The number of hydrogen-bond acceptors (Lipinski definition) is 0. The van der Waals surface area contributed by atoms with Crippen molar-refractivity contribution in [1.82, 2.24) is 0 Å². The Kier molecular flexibility index (Phi) is 18.3. The van der Waals surface area contributed by atoms with Gasteiger partial charge in [0.25, 0.3) is 0 Å². The first-order valence-corrected chi connectivity index (χ1v) is 4.65. The van der Waals surface area contributed by atoms with Gasteiger partial charge in [0, 0.05) is 0 Å². The molecular formula is C14H17La. The molecule has 2 rings (SSSR count). The van der Waals surface area contributed by atoms with Crippen LogP contribution < -0.4 is 0 Å². The summed E-state index contributed by atoms with van der Waals surface area (Å²) in [6.45, 7) is 6.90. The van der Waals surface area contributed by atoms with E-state index in [2.05, 4.69) is 13.5 Å². The summed E-state index contributed by atoms with van der Waals surface area (Å²) in [6, 6.07) is 20.0. The van der Waals surface area contributed by atoms with Crippen molar-refractivity contribution in [2.24, 2.45) is 0 Å². The molecule has 0 aliphatic carbocycles. The molecule has 0 bridgehead atoms. The Bertz CT molecular complexity index is 193. The molecule has 0 N–H and O–H groups in total. The molecule has 0 atom stereocenters. The maximum absolute atomic E-state index is 3.49. The van der Waals surface area contributed by atoms with Crippen LogP contribution in [0.25, 0.3) is 0 Å². The van der Waals surface area contributed by atoms with E-state index < -0.39 is 0 Å². The van der Waals surface area contributed by atoms with Crippen molar-refractivity contribution in [2.45, 2.75) is 6.42 Å². The van der Waals surface area contributed by atoms with Crippen molar-refractivity contribution in [3.05, 3.63) is 80.2 Å². The second kappa shape index (κ2) is 16.1. The first-order valence-electron chi connectivity index (χ1n) is 4.65. The monoisotopic (exact) mass is 324 g/mol. The van der Waals surface area contributed by atoms with Gasteiger partial charge in [0.15, 0.2) is 0 Å². The normalized spacial score (nSPS) is 7.00. The van der Waals surface area contributed by atoms with Gasteiger partial charge in [-0.05, 0) is 0 Å². The fourth-order valence-electron chi connectivity index (χ4n) is 0.642. The minimum Gasteiger partial charge on any atom is -0.340 e. The molecule has 0 amide bonds. The van der Waals surface area contributed by atoms with Crippen LogP contribution in [-0.2, 0) is 0 Å².